The van der Waals surface area contributed by atoms with Gasteiger partial charge in [-0.05, 0) is 6.42 Å². The van der Waals surface area contributed by atoms with E-state index in [1.807, 2.05) is 13.8 Å². The molecule has 0 spiro atoms. The molecule has 0 atom stereocenters. The molecule has 0 saturated heterocycles. The van der Waals surface area contributed by atoms with Crippen LogP contribution < -0.4 is 5.32 Å². The Labute approximate surface area is 105 Å². The minimum atomic E-state index is 0.0429. The second kappa shape index (κ2) is 10.5. The average molecular weight is 244 g/mol. The molecule has 0 radical (unpaired) electrons. The second-order valence-electron chi connectivity index (χ2n) is 4.70. The number of nitrogens with zero attached hydrogens (tertiary/aromatic N) is 1. The normalized spacial score (nSPS) is 10.9. The zero-order chi connectivity index (χ0) is 13.1. The first-order chi connectivity index (χ1) is 8.11. The number of aliphatic hydroxyl groups excluding tert-OH is 1. The summed E-state index contributed by atoms with van der Waals surface area (Å²) >= 11 is 0. The van der Waals surface area contributed by atoms with Crippen molar-refractivity contribution in [3.63, 3.8) is 0 Å². The molecule has 4 nitrogen and oxygen atoms in total. The van der Waals surface area contributed by atoms with Gasteiger partial charge < -0.3 is 15.3 Å². The molecule has 0 unspecified atom stereocenters. The molecule has 0 aliphatic heterocycles. The van der Waals surface area contributed by atoms with Crippen molar-refractivity contribution in [2.24, 2.45) is 0 Å². The predicted molar refractivity (Wildman–Crippen MR) is 70.9 cm³/mol. The number of hydrogen-bond donors (Lipinski definition) is 2. The number of aliphatic hydroxyl groups is 1. The maximum Gasteiger partial charge on any atom is 0.236 e. The van der Waals surface area contributed by atoms with Gasteiger partial charge in [0.15, 0.2) is 0 Å². The molecule has 0 aromatic heterocycles. The fourth-order valence-corrected chi connectivity index (χ4v) is 1.61. The summed E-state index contributed by atoms with van der Waals surface area (Å²) in [4.78, 5) is 13.6. The van der Waals surface area contributed by atoms with Crippen LogP contribution in [-0.4, -0.2) is 48.2 Å². The topological polar surface area (TPSA) is 52.6 Å². The minimum absolute atomic E-state index is 0.0429. The zero-order valence-corrected chi connectivity index (χ0v) is 11.5. The Balaban J connectivity index is 3.89. The van der Waals surface area contributed by atoms with Crippen molar-refractivity contribution in [2.45, 2.75) is 52.5 Å². The van der Waals surface area contributed by atoms with Crippen molar-refractivity contribution in [3.05, 3.63) is 0 Å². The highest BCUT2D eigenvalue weighted by molar-refractivity contribution is 5.78. The summed E-state index contributed by atoms with van der Waals surface area (Å²) in [7, 11) is 0. The molecule has 1 amide bonds. The van der Waals surface area contributed by atoms with Gasteiger partial charge in [0.1, 0.15) is 0 Å². The van der Waals surface area contributed by atoms with Crippen LogP contribution in [0.2, 0.25) is 0 Å². The van der Waals surface area contributed by atoms with Crippen LogP contribution in [-0.2, 0) is 4.79 Å². The largest absolute Gasteiger partial charge is 0.395 e. The summed E-state index contributed by atoms with van der Waals surface area (Å²) in [6, 6.07) is 0.315. The monoisotopic (exact) mass is 244 g/mol. The van der Waals surface area contributed by atoms with E-state index in [1.165, 1.54) is 12.8 Å². The van der Waals surface area contributed by atoms with Gasteiger partial charge in [0.05, 0.1) is 13.2 Å². The van der Waals surface area contributed by atoms with Crippen LogP contribution in [0.25, 0.3) is 0 Å². The SMILES string of the molecule is CCCCCCN(CCO)C(=O)CNC(C)C. The maximum absolute atomic E-state index is 11.9. The zero-order valence-electron chi connectivity index (χ0n) is 11.5. The van der Waals surface area contributed by atoms with Crippen LogP contribution in [0, 0.1) is 0 Å². The van der Waals surface area contributed by atoms with Crippen LogP contribution >= 0.6 is 0 Å². The van der Waals surface area contributed by atoms with Gasteiger partial charge in [-0.3, -0.25) is 4.79 Å². The molecule has 0 rings (SSSR count). The van der Waals surface area contributed by atoms with Crippen molar-refractivity contribution in [1.29, 1.82) is 0 Å². The summed E-state index contributed by atoms with van der Waals surface area (Å²) < 4.78 is 0. The number of amides is 1. The highest BCUT2D eigenvalue weighted by atomic mass is 16.3. The summed E-state index contributed by atoms with van der Waals surface area (Å²) in [5.41, 5.74) is 0. The molecular formula is C13H28N2O2. The standard InChI is InChI=1S/C13H28N2O2/c1-4-5-6-7-8-15(9-10-16)13(17)11-14-12(2)3/h12,14,16H,4-11H2,1-3H3. The third-order valence-electron chi connectivity index (χ3n) is 2.67. The number of hydrogen-bond acceptors (Lipinski definition) is 3. The summed E-state index contributed by atoms with van der Waals surface area (Å²) in [5, 5.41) is 12.1. The molecule has 17 heavy (non-hydrogen) atoms. The first-order valence-electron chi connectivity index (χ1n) is 6.73. The van der Waals surface area contributed by atoms with Crippen molar-refractivity contribution >= 4 is 5.91 Å². The lowest BCUT2D eigenvalue weighted by Crippen LogP contribution is -2.42. The predicted octanol–water partition coefficient (Wildman–Crippen LogP) is 1.39. The lowest BCUT2D eigenvalue weighted by Gasteiger charge is -2.22. The van der Waals surface area contributed by atoms with Crippen LogP contribution in [0.4, 0.5) is 0 Å². The van der Waals surface area contributed by atoms with Gasteiger partial charge in [0.2, 0.25) is 5.91 Å². The molecule has 0 saturated carbocycles. The van der Waals surface area contributed by atoms with Crippen LogP contribution in [0.15, 0.2) is 0 Å². The average Bonchev–Trinajstić information content (AvgIpc) is 2.30. The van der Waals surface area contributed by atoms with E-state index >= 15 is 0 Å². The highest BCUT2D eigenvalue weighted by Crippen LogP contribution is 2.01. The van der Waals surface area contributed by atoms with E-state index in [9.17, 15) is 4.79 Å². The Kier molecular flexibility index (Phi) is 10.2. The van der Waals surface area contributed by atoms with Gasteiger partial charge in [0, 0.05) is 19.1 Å². The van der Waals surface area contributed by atoms with E-state index < -0.39 is 0 Å². The Morgan fingerprint density at radius 3 is 2.47 bits per heavy atom. The van der Waals surface area contributed by atoms with Crippen molar-refractivity contribution < 1.29 is 9.90 Å². The van der Waals surface area contributed by atoms with E-state index in [2.05, 4.69) is 12.2 Å². The number of nitrogens with one attached hydrogen (secondary N) is 1. The van der Waals surface area contributed by atoms with E-state index in [0.29, 0.717) is 19.1 Å². The molecular weight excluding hydrogens is 216 g/mol. The van der Waals surface area contributed by atoms with Crippen LogP contribution in [0.3, 0.4) is 0 Å². The van der Waals surface area contributed by atoms with Crippen molar-refractivity contribution in [3.8, 4) is 0 Å². The van der Waals surface area contributed by atoms with Crippen LogP contribution in [0.5, 0.6) is 0 Å². The van der Waals surface area contributed by atoms with Crippen molar-refractivity contribution in [2.75, 3.05) is 26.2 Å². The molecule has 0 fully saturated rings. The minimum Gasteiger partial charge on any atom is -0.395 e. The van der Waals surface area contributed by atoms with Gasteiger partial charge in [-0.15, -0.1) is 0 Å². The summed E-state index contributed by atoms with van der Waals surface area (Å²) in [5.74, 6) is 0.0873. The summed E-state index contributed by atoms with van der Waals surface area (Å²) in [6.45, 7) is 7.83. The van der Waals surface area contributed by atoms with Crippen LogP contribution in [0.1, 0.15) is 46.5 Å². The summed E-state index contributed by atoms with van der Waals surface area (Å²) in [6.07, 6.45) is 4.60. The first kappa shape index (κ1) is 16.4. The highest BCUT2D eigenvalue weighted by Gasteiger charge is 2.12. The van der Waals surface area contributed by atoms with E-state index in [4.69, 9.17) is 5.11 Å². The molecule has 0 aliphatic rings. The molecule has 102 valence electrons. The number of unbranched alkanes of at least 4 members (excludes halogenated alkanes) is 3. The van der Waals surface area contributed by atoms with Gasteiger partial charge in [-0.25, -0.2) is 0 Å². The molecule has 0 aliphatic carbocycles. The number of carbonyl (C=O) groups is 1. The van der Waals surface area contributed by atoms with Gasteiger partial charge in [-0.1, -0.05) is 40.0 Å². The Morgan fingerprint density at radius 2 is 1.94 bits per heavy atom. The molecule has 4 heteroatoms. The Bertz CT molecular complexity index is 196. The number of carbonyl (C=O) groups excluding carboxylic acids is 1. The second-order valence-corrected chi connectivity index (χ2v) is 4.70. The fraction of sp³-hybridized carbons (Fsp3) is 0.923. The lowest BCUT2D eigenvalue weighted by molar-refractivity contribution is -0.131. The lowest BCUT2D eigenvalue weighted by atomic mass is 10.2. The molecule has 0 heterocycles. The fourth-order valence-electron chi connectivity index (χ4n) is 1.61. The van der Waals surface area contributed by atoms with E-state index in [-0.39, 0.29) is 12.5 Å². The maximum atomic E-state index is 11.9. The molecule has 0 aromatic carbocycles. The Hall–Kier alpha value is -0.610. The van der Waals surface area contributed by atoms with E-state index in [1.54, 1.807) is 4.90 Å². The molecule has 0 aromatic rings. The number of rotatable bonds is 10. The third-order valence-corrected chi connectivity index (χ3v) is 2.67. The van der Waals surface area contributed by atoms with Crippen molar-refractivity contribution in [1.82, 2.24) is 10.2 Å². The smallest absolute Gasteiger partial charge is 0.236 e. The van der Waals surface area contributed by atoms with Gasteiger partial charge in [-0.2, -0.15) is 0 Å². The Morgan fingerprint density at radius 1 is 1.24 bits per heavy atom. The third kappa shape index (κ3) is 9.12. The first-order valence-corrected chi connectivity index (χ1v) is 6.73. The molecule has 2 N–H and O–H groups in total. The molecule has 0 bridgehead atoms. The van der Waals surface area contributed by atoms with Gasteiger partial charge in [0.25, 0.3) is 0 Å². The van der Waals surface area contributed by atoms with E-state index in [0.717, 1.165) is 19.4 Å². The quantitative estimate of drug-likeness (QED) is 0.571. The van der Waals surface area contributed by atoms with Gasteiger partial charge >= 0.3 is 0 Å².